The molecular weight excluding hydrogens is 184 g/mol. The van der Waals surface area contributed by atoms with Crippen LogP contribution in [-0.2, 0) is 4.79 Å². The Balaban J connectivity index is 2.42. The second-order valence-electron chi connectivity index (χ2n) is 5.72. The SMILES string of the molecule is CC(C)C(=O)C(C)CC1CCCCC1C. The van der Waals surface area contributed by atoms with Gasteiger partial charge in [-0.3, -0.25) is 4.79 Å². The van der Waals surface area contributed by atoms with Crippen LogP contribution in [-0.4, -0.2) is 5.78 Å². The van der Waals surface area contributed by atoms with Crippen molar-refractivity contribution >= 4 is 5.78 Å². The Hall–Kier alpha value is -0.330. The maximum absolute atomic E-state index is 11.8. The van der Waals surface area contributed by atoms with Crippen LogP contribution in [0.3, 0.4) is 0 Å². The summed E-state index contributed by atoms with van der Waals surface area (Å²) in [5.74, 6) is 2.57. The molecule has 0 N–H and O–H groups in total. The maximum Gasteiger partial charge on any atom is 0.138 e. The van der Waals surface area contributed by atoms with Gasteiger partial charge in [0.25, 0.3) is 0 Å². The Bertz CT molecular complexity index is 207. The zero-order valence-corrected chi connectivity index (χ0v) is 10.8. The summed E-state index contributed by atoms with van der Waals surface area (Å²) < 4.78 is 0. The van der Waals surface area contributed by atoms with E-state index in [0.717, 1.165) is 18.3 Å². The number of hydrogen-bond donors (Lipinski definition) is 0. The van der Waals surface area contributed by atoms with Crippen molar-refractivity contribution in [3.63, 3.8) is 0 Å². The lowest BCUT2D eigenvalue weighted by atomic mass is 9.75. The topological polar surface area (TPSA) is 17.1 Å². The van der Waals surface area contributed by atoms with E-state index in [1.807, 2.05) is 13.8 Å². The molecule has 0 radical (unpaired) electrons. The van der Waals surface area contributed by atoms with Gasteiger partial charge in [0, 0.05) is 11.8 Å². The smallest absolute Gasteiger partial charge is 0.138 e. The highest BCUT2D eigenvalue weighted by Gasteiger charge is 2.26. The third-order valence-electron chi connectivity index (χ3n) is 4.00. The van der Waals surface area contributed by atoms with E-state index in [1.54, 1.807) is 0 Å². The van der Waals surface area contributed by atoms with Gasteiger partial charge in [0.1, 0.15) is 5.78 Å². The van der Waals surface area contributed by atoms with Crippen LogP contribution in [0.25, 0.3) is 0 Å². The molecule has 0 aliphatic heterocycles. The minimum atomic E-state index is 0.207. The average molecular weight is 210 g/mol. The van der Waals surface area contributed by atoms with E-state index in [2.05, 4.69) is 13.8 Å². The first kappa shape index (κ1) is 12.7. The summed E-state index contributed by atoms with van der Waals surface area (Å²) in [6.45, 7) is 8.51. The molecule has 1 saturated carbocycles. The van der Waals surface area contributed by atoms with Crippen molar-refractivity contribution in [1.82, 2.24) is 0 Å². The third kappa shape index (κ3) is 3.62. The van der Waals surface area contributed by atoms with E-state index in [4.69, 9.17) is 0 Å². The summed E-state index contributed by atoms with van der Waals surface area (Å²) in [6.07, 6.45) is 6.60. The first-order valence-corrected chi connectivity index (χ1v) is 6.56. The molecule has 1 fully saturated rings. The highest BCUT2D eigenvalue weighted by molar-refractivity contribution is 5.82. The van der Waals surface area contributed by atoms with Crippen molar-refractivity contribution in [2.45, 2.75) is 59.8 Å². The van der Waals surface area contributed by atoms with Gasteiger partial charge in [-0.15, -0.1) is 0 Å². The van der Waals surface area contributed by atoms with E-state index in [9.17, 15) is 4.79 Å². The van der Waals surface area contributed by atoms with Crippen LogP contribution in [0, 0.1) is 23.7 Å². The molecule has 1 nitrogen and oxygen atoms in total. The van der Waals surface area contributed by atoms with Crippen LogP contribution in [0.2, 0.25) is 0 Å². The molecule has 0 spiro atoms. The number of carbonyl (C=O) groups excluding carboxylic acids is 1. The van der Waals surface area contributed by atoms with Crippen molar-refractivity contribution in [2.75, 3.05) is 0 Å². The largest absolute Gasteiger partial charge is 0.299 e. The molecule has 88 valence electrons. The first-order chi connectivity index (χ1) is 7.02. The fourth-order valence-corrected chi connectivity index (χ4v) is 2.88. The van der Waals surface area contributed by atoms with Crippen LogP contribution in [0.15, 0.2) is 0 Å². The highest BCUT2D eigenvalue weighted by Crippen LogP contribution is 2.34. The van der Waals surface area contributed by atoms with Crippen molar-refractivity contribution in [1.29, 1.82) is 0 Å². The van der Waals surface area contributed by atoms with Gasteiger partial charge in [-0.1, -0.05) is 53.4 Å². The summed E-state index contributed by atoms with van der Waals surface area (Å²) >= 11 is 0. The lowest BCUT2D eigenvalue weighted by Crippen LogP contribution is -2.24. The Kier molecular flexibility index (Phi) is 4.82. The first-order valence-electron chi connectivity index (χ1n) is 6.56. The Morgan fingerprint density at radius 3 is 2.33 bits per heavy atom. The lowest BCUT2D eigenvalue weighted by Gasteiger charge is -2.30. The fraction of sp³-hybridized carbons (Fsp3) is 0.929. The predicted octanol–water partition coefficient (Wildman–Crippen LogP) is 4.06. The third-order valence-corrected chi connectivity index (χ3v) is 4.00. The van der Waals surface area contributed by atoms with Gasteiger partial charge < -0.3 is 0 Å². The van der Waals surface area contributed by atoms with Gasteiger partial charge in [-0.2, -0.15) is 0 Å². The monoisotopic (exact) mass is 210 g/mol. The van der Waals surface area contributed by atoms with E-state index in [1.165, 1.54) is 25.7 Å². The Morgan fingerprint density at radius 2 is 1.80 bits per heavy atom. The normalized spacial score (nSPS) is 29.1. The van der Waals surface area contributed by atoms with Crippen molar-refractivity contribution in [3.8, 4) is 0 Å². The summed E-state index contributed by atoms with van der Waals surface area (Å²) in [5, 5.41) is 0. The molecule has 0 amide bonds. The van der Waals surface area contributed by atoms with E-state index >= 15 is 0 Å². The van der Waals surface area contributed by atoms with Crippen molar-refractivity contribution in [3.05, 3.63) is 0 Å². The van der Waals surface area contributed by atoms with E-state index < -0.39 is 0 Å². The standard InChI is InChI=1S/C14H26O/c1-10(2)14(15)12(4)9-13-8-6-5-7-11(13)3/h10-13H,5-9H2,1-4H3. The zero-order chi connectivity index (χ0) is 11.4. The molecule has 3 atom stereocenters. The zero-order valence-electron chi connectivity index (χ0n) is 10.8. The Morgan fingerprint density at radius 1 is 1.20 bits per heavy atom. The molecule has 0 aromatic rings. The van der Waals surface area contributed by atoms with Gasteiger partial charge in [-0.05, 0) is 18.3 Å². The molecule has 0 aromatic heterocycles. The number of hydrogen-bond acceptors (Lipinski definition) is 1. The highest BCUT2D eigenvalue weighted by atomic mass is 16.1. The van der Waals surface area contributed by atoms with Gasteiger partial charge >= 0.3 is 0 Å². The molecule has 0 saturated heterocycles. The van der Waals surface area contributed by atoms with Crippen LogP contribution in [0.1, 0.15) is 59.8 Å². The summed E-state index contributed by atoms with van der Waals surface area (Å²) in [4.78, 5) is 11.8. The minimum absolute atomic E-state index is 0.207. The van der Waals surface area contributed by atoms with Gasteiger partial charge in [0.05, 0.1) is 0 Å². The summed E-state index contributed by atoms with van der Waals surface area (Å²) in [6, 6.07) is 0. The number of carbonyl (C=O) groups is 1. The van der Waals surface area contributed by atoms with Gasteiger partial charge in [-0.25, -0.2) is 0 Å². The van der Waals surface area contributed by atoms with Crippen LogP contribution in [0.4, 0.5) is 0 Å². The molecule has 1 aliphatic rings. The van der Waals surface area contributed by atoms with Crippen molar-refractivity contribution in [2.24, 2.45) is 23.7 Å². The second kappa shape index (κ2) is 5.67. The minimum Gasteiger partial charge on any atom is -0.299 e. The maximum atomic E-state index is 11.8. The van der Waals surface area contributed by atoms with Crippen LogP contribution < -0.4 is 0 Å². The molecule has 1 aliphatic carbocycles. The molecule has 3 unspecified atom stereocenters. The molecule has 1 rings (SSSR count). The average Bonchev–Trinajstić information content (AvgIpc) is 2.20. The van der Waals surface area contributed by atoms with E-state index in [-0.39, 0.29) is 11.8 Å². The number of Topliss-reactive ketones (excluding diaryl/α,β-unsaturated/α-hetero) is 1. The van der Waals surface area contributed by atoms with Gasteiger partial charge in [0.2, 0.25) is 0 Å². The van der Waals surface area contributed by atoms with Gasteiger partial charge in [0.15, 0.2) is 0 Å². The van der Waals surface area contributed by atoms with Crippen LogP contribution >= 0.6 is 0 Å². The number of ketones is 1. The van der Waals surface area contributed by atoms with E-state index in [0.29, 0.717) is 5.78 Å². The van der Waals surface area contributed by atoms with Crippen molar-refractivity contribution < 1.29 is 4.79 Å². The quantitative estimate of drug-likeness (QED) is 0.683. The number of rotatable bonds is 4. The predicted molar refractivity (Wildman–Crippen MR) is 64.7 cm³/mol. The lowest BCUT2D eigenvalue weighted by molar-refractivity contribution is -0.126. The fourth-order valence-electron chi connectivity index (χ4n) is 2.88. The molecule has 15 heavy (non-hydrogen) atoms. The molecular formula is C14H26O. The summed E-state index contributed by atoms with van der Waals surface area (Å²) in [7, 11) is 0. The second-order valence-corrected chi connectivity index (χ2v) is 5.72. The molecule has 0 heterocycles. The Labute approximate surface area is 94.6 Å². The molecule has 1 heteroatoms. The summed E-state index contributed by atoms with van der Waals surface area (Å²) in [5.41, 5.74) is 0. The molecule has 0 bridgehead atoms. The van der Waals surface area contributed by atoms with Crippen LogP contribution in [0.5, 0.6) is 0 Å². The molecule has 0 aromatic carbocycles.